The summed E-state index contributed by atoms with van der Waals surface area (Å²) in [6.07, 6.45) is -8.06. The summed E-state index contributed by atoms with van der Waals surface area (Å²) in [6.45, 7) is 1.94. The standard InChI is InChI=1S/C24H17F6N5O3S/c1-23(2)21(37)34(12-4-3-11(10-31)15(8-12)24(28,29)30)22(39)35(23)13-7-14-17(16(25)9-13)32-19(18(26)27)33-20(14)38-6-5-36/h3-4,7-9,18,36H,5-6H2,1-2H3. The molecule has 0 saturated carbocycles. The number of fused-ring (bicyclic) bond motifs is 1. The van der Waals surface area contributed by atoms with Crippen molar-refractivity contribution in [3.63, 3.8) is 0 Å². The van der Waals surface area contributed by atoms with Crippen molar-refractivity contribution >= 4 is 45.5 Å². The molecule has 1 saturated heterocycles. The van der Waals surface area contributed by atoms with Crippen LogP contribution < -0.4 is 14.5 Å². The Kier molecular flexibility index (Phi) is 7.13. The highest BCUT2D eigenvalue weighted by molar-refractivity contribution is 7.81. The van der Waals surface area contributed by atoms with E-state index in [1.54, 1.807) is 0 Å². The van der Waals surface area contributed by atoms with E-state index in [2.05, 4.69) is 9.97 Å². The Morgan fingerprint density at radius 1 is 1.18 bits per heavy atom. The van der Waals surface area contributed by atoms with E-state index < -0.39 is 64.8 Å². The summed E-state index contributed by atoms with van der Waals surface area (Å²) >= 11 is 5.44. The molecule has 1 fully saturated rings. The first-order valence-electron chi connectivity index (χ1n) is 11.1. The predicted molar refractivity (Wildman–Crippen MR) is 130 cm³/mol. The van der Waals surface area contributed by atoms with Crippen molar-refractivity contribution in [1.29, 1.82) is 5.26 Å². The van der Waals surface area contributed by atoms with Crippen LogP contribution in [0, 0.1) is 17.1 Å². The van der Waals surface area contributed by atoms with E-state index in [4.69, 9.17) is 27.3 Å². The number of amides is 1. The highest BCUT2D eigenvalue weighted by atomic mass is 32.1. The summed E-state index contributed by atoms with van der Waals surface area (Å²) in [6, 6.07) is 6.20. The zero-order valence-electron chi connectivity index (χ0n) is 20.1. The minimum Gasteiger partial charge on any atom is -0.475 e. The van der Waals surface area contributed by atoms with Crippen LogP contribution >= 0.6 is 12.2 Å². The molecular weight excluding hydrogens is 552 g/mol. The highest BCUT2D eigenvalue weighted by Crippen LogP contribution is 2.41. The molecule has 2 aromatic carbocycles. The van der Waals surface area contributed by atoms with Gasteiger partial charge in [0.05, 0.1) is 34.9 Å². The van der Waals surface area contributed by atoms with Crippen molar-refractivity contribution < 1.29 is 41.0 Å². The number of aromatic nitrogens is 2. The van der Waals surface area contributed by atoms with Gasteiger partial charge >= 0.3 is 6.18 Å². The Morgan fingerprint density at radius 2 is 1.87 bits per heavy atom. The number of carbonyl (C=O) groups is 1. The molecule has 4 rings (SSSR count). The molecule has 0 spiro atoms. The molecule has 0 bridgehead atoms. The average Bonchev–Trinajstić information content (AvgIpc) is 3.04. The van der Waals surface area contributed by atoms with Crippen molar-refractivity contribution in [2.24, 2.45) is 0 Å². The summed E-state index contributed by atoms with van der Waals surface area (Å²) < 4.78 is 87.7. The molecule has 1 aliphatic heterocycles. The fourth-order valence-corrected chi connectivity index (χ4v) is 4.63. The molecule has 39 heavy (non-hydrogen) atoms. The second kappa shape index (κ2) is 9.93. The molecule has 3 aromatic rings. The van der Waals surface area contributed by atoms with Gasteiger partial charge in [-0.25, -0.2) is 18.2 Å². The Bertz CT molecular complexity index is 1540. The number of halogens is 6. The lowest BCUT2D eigenvalue weighted by atomic mass is 10.0. The predicted octanol–water partition coefficient (Wildman–Crippen LogP) is 4.88. The number of anilines is 2. The van der Waals surface area contributed by atoms with Crippen LogP contribution in [0.5, 0.6) is 5.88 Å². The van der Waals surface area contributed by atoms with Crippen LogP contribution in [0.1, 0.15) is 37.2 Å². The second-order valence-corrected chi connectivity index (χ2v) is 9.11. The summed E-state index contributed by atoms with van der Waals surface area (Å²) in [4.78, 5) is 22.6. The number of hydrogen-bond acceptors (Lipinski definition) is 7. The number of hydrogen-bond donors (Lipinski definition) is 1. The summed E-state index contributed by atoms with van der Waals surface area (Å²) in [5, 5.41) is 17.7. The van der Waals surface area contributed by atoms with Crippen molar-refractivity contribution in [3.8, 4) is 11.9 Å². The number of ether oxygens (including phenoxy) is 1. The molecule has 15 heteroatoms. The van der Waals surface area contributed by atoms with Gasteiger partial charge in [0.25, 0.3) is 12.3 Å². The van der Waals surface area contributed by atoms with E-state index in [1.165, 1.54) is 30.9 Å². The molecular formula is C24H17F6N5O3S. The van der Waals surface area contributed by atoms with Crippen LogP contribution in [0.3, 0.4) is 0 Å². The van der Waals surface area contributed by atoms with Gasteiger partial charge in [0.15, 0.2) is 16.8 Å². The molecule has 0 aliphatic carbocycles. The maximum atomic E-state index is 15.2. The summed E-state index contributed by atoms with van der Waals surface area (Å²) in [5.74, 6) is -3.32. The Labute approximate surface area is 222 Å². The molecule has 0 unspecified atom stereocenters. The fourth-order valence-electron chi connectivity index (χ4n) is 4.10. The van der Waals surface area contributed by atoms with Crippen LogP contribution in [0.25, 0.3) is 10.9 Å². The van der Waals surface area contributed by atoms with Crippen LogP contribution in [0.15, 0.2) is 30.3 Å². The minimum atomic E-state index is -4.90. The third-order valence-corrected chi connectivity index (χ3v) is 6.22. The van der Waals surface area contributed by atoms with Gasteiger partial charge in [-0.05, 0) is 56.4 Å². The number of benzene rings is 2. The Balaban J connectivity index is 1.87. The number of alkyl halides is 5. The number of rotatable bonds is 6. The van der Waals surface area contributed by atoms with Gasteiger partial charge in [0.1, 0.15) is 17.7 Å². The molecule has 2 heterocycles. The number of carbonyl (C=O) groups excluding carboxylic acids is 1. The first-order valence-corrected chi connectivity index (χ1v) is 11.5. The lowest BCUT2D eigenvalue weighted by Crippen LogP contribution is -2.44. The first-order chi connectivity index (χ1) is 18.2. The first kappa shape index (κ1) is 28.0. The third-order valence-electron chi connectivity index (χ3n) is 5.86. The molecule has 1 amide bonds. The van der Waals surface area contributed by atoms with E-state index in [0.29, 0.717) is 6.07 Å². The second-order valence-electron chi connectivity index (χ2n) is 8.74. The zero-order chi connectivity index (χ0) is 28.9. The smallest absolute Gasteiger partial charge is 0.417 e. The molecule has 1 aromatic heterocycles. The molecule has 0 atom stereocenters. The number of aliphatic hydroxyl groups excluding tert-OH is 1. The van der Waals surface area contributed by atoms with Crippen LogP contribution in [0.2, 0.25) is 0 Å². The molecule has 8 nitrogen and oxygen atoms in total. The van der Waals surface area contributed by atoms with Gasteiger partial charge in [0, 0.05) is 5.69 Å². The normalized spacial score (nSPS) is 15.4. The molecule has 1 N–H and O–H groups in total. The Morgan fingerprint density at radius 3 is 2.46 bits per heavy atom. The molecule has 204 valence electrons. The number of nitriles is 1. The van der Waals surface area contributed by atoms with Crippen LogP contribution in [0.4, 0.5) is 37.7 Å². The van der Waals surface area contributed by atoms with Crippen LogP contribution in [-0.4, -0.2) is 44.8 Å². The van der Waals surface area contributed by atoms with Crippen molar-refractivity contribution in [3.05, 3.63) is 53.1 Å². The van der Waals surface area contributed by atoms with Gasteiger partial charge < -0.3 is 14.7 Å². The van der Waals surface area contributed by atoms with Crippen molar-refractivity contribution in [2.75, 3.05) is 23.0 Å². The van der Waals surface area contributed by atoms with E-state index in [-0.39, 0.29) is 28.5 Å². The van der Waals surface area contributed by atoms with Gasteiger partial charge in [-0.15, -0.1) is 0 Å². The maximum absolute atomic E-state index is 15.2. The molecule has 0 radical (unpaired) electrons. The third kappa shape index (κ3) is 4.81. The minimum absolute atomic E-state index is 0.0715. The number of aliphatic hydroxyl groups is 1. The van der Waals surface area contributed by atoms with Crippen molar-refractivity contribution in [2.45, 2.75) is 32.0 Å². The van der Waals surface area contributed by atoms with Gasteiger partial charge in [-0.2, -0.15) is 23.4 Å². The summed E-state index contributed by atoms with van der Waals surface area (Å²) in [5.41, 5.74) is -4.36. The van der Waals surface area contributed by atoms with Crippen LogP contribution in [-0.2, 0) is 11.0 Å². The highest BCUT2D eigenvalue weighted by Gasteiger charge is 2.51. The summed E-state index contributed by atoms with van der Waals surface area (Å²) in [7, 11) is 0. The van der Waals surface area contributed by atoms with E-state index in [0.717, 1.165) is 23.1 Å². The monoisotopic (exact) mass is 569 g/mol. The largest absolute Gasteiger partial charge is 0.475 e. The van der Waals surface area contributed by atoms with E-state index in [9.17, 15) is 26.7 Å². The average molecular weight is 569 g/mol. The maximum Gasteiger partial charge on any atom is 0.417 e. The lowest BCUT2D eigenvalue weighted by molar-refractivity contribution is -0.137. The topological polar surface area (TPSA) is 103 Å². The number of thiocarbonyl (C=S) groups is 1. The quantitative estimate of drug-likeness (QED) is 0.331. The number of nitrogens with zero attached hydrogens (tertiary/aromatic N) is 5. The van der Waals surface area contributed by atoms with Gasteiger partial charge in [0.2, 0.25) is 5.88 Å². The van der Waals surface area contributed by atoms with E-state index >= 15 is 4.39 Å². The van der Waals surface area contributed by atoms with Crippen molar-refractivity contribution in [1.82, 2.24) is 9.97 Å². The van der Waals surface area contributed by atoms with E-state index in [1.807, 2.05) is 0 Å². The Hall–Kier alpha value is -4.03. The zero-order valence-corrected chi connectivity index (χ0v) is 20.9. The lowest BCUT2D eigenvalue weighted by Gasteiger charge is -2.29. The van der Waals surface area contributed by atoms with Gasteiger partial charge in [-0.3, -0.25) is 9.69 Å². The van der Waals surface area contributed by atoms with Gasteiger partial charge in [-0.1, -0.05) is 0 Å². The SMILES string of the molecule is CC1(C)C(=O)N(c2ccc(C#N)c(C(F)(F)F)c2)C(=S)N1c1cc(F)c2nc(C(F)F)nc(OCCO)c2c1. The fraction of sp³-hybridized carbons (Fsp3) is 0.292. The molecule has 1 aliphatic rings.